The van der Waals surface area contributed by atoms with Gasteiger partial charge in [0.05, 0.1) is 0 Å². The molecular weight excluding hydrogens is 340 g/mol. The highest BCUT2D eigenvalue weighted by atomic mass is 35.5. The molecule has 2 atom stereocenters. The van der Waals surface area contributed by atoms with E-state index < -0.39 is 11.9 Å². The molecule has 2 aromatic carbocycles. The molecule has 0 heterocycles. The Bertz CT molecular complexity index is 974. The van der Waals surface area contributed by atoms with Crippen molar-refractivity contribution >= 4 is 34.3 Å². The van der Waals surface area contributed by atoms with E-state index in [2.05, 4.69) is 18.7 Å². The Hall–Kier alpha value is -2.59. The van der Waals surface area contributed by atoms with Crippen LogP contribution < -0.4 is 9.47 Å². The normalized spacial score (nSPS) is 19.8. The Balaban J connectivity index is 2.08. The molecule has 0 aromatic heterocycles. The topological polar surface area (TPSA) is 52.6 Å². The zero-order valence-electron chi connectivity index (χ0n) is 13.5. The van der Waals surface area contributed by atoms with E-state index in [1.54, 1.807) is 18.2 Å². The molecule has 0 aliphatic heterocycles. The fraction of sp³-hybridized carbons (Fsp3) is 0.200. The second kappa shape index (κ2) is 5.74. The zero-order chi connectivity index (χ0) is 17.7. The van der Waals surface area contributed by atoms with Gasteiger partial charge in [-0.25, -0.2) is 4.79 Å². The summed E-state index contributed by atoms with van der Waals surface area (Å²) in [6, 6.07) is 5.24. The molecule has 5 heteroatoms. The number of esters is 2. The first-order valence-electron chi connectivity index (χ1n) is 7.99. The van der Waals surface area contributed by atoms with Crippen molar-refractivity contribution in [3.63, 3.8) is 0 Å². The van der Waals surface area contributed by atoms with Crippen LogP contribution >= 0.6 is 11.6 Å². The predicted octanol–water partition coefficient (Wildman–Crippen LogP) is 4.65. The van der Waals surface area contributed by atoms with Gasteiger partial charge in [-0.3, -0.25) is 4.79 Å². The average molecular weight is 355 g/mol. The Labute approximate surface area is 149 Å². The van der Waals surface area contributed by atoms with Gasteiger partial charge < -0.3 is 9.47 Å². The monoisotopic (exact) mass is 354 g/mol. The molecule has 126 valence electrons. The van der Waals surface area contributed by atoms with E-state index in [0.717, 1.165) is 23.6 Å². The van der Waals surface area contributed by atoms with Gasteiger partial charge >= 0.3 is 11.9 Å². The minimum atomic E-state index is -0.523. The Morgan fingerprint density at radius 3 is 2.36 bits per heavy atom. The number of hydrogen-bond donors (Lipinski definition) is 0. The van der Waals surface area contributed by atoms with Crippen LogP contribution in [-0.4, -0.2) is 11.9 Å². The van der Waals surface area contributed by atoms with Crippen molar-refractivity contribution in [3.8, 4) is 11.5 Å². The predicted molar refractivity (Wildman–Crippen MR) is 95.3 cm³/mol. The third kappa shape index (κ3) is 2.45. The molecule has 0 saturated heterocycles. The summed E-state index contributed by atoms with van der Waals surface area (Å²) in [5, 5.41) is 1.87. The van der Waals surface area contributed by atoms with E-state index in [9.17, 15) is 9.59 Å². The number of fused-ring (bicyclic) bond motifs is 6. The van der Waals surface area contributed by atoms with Crippen LogP contribution in [0.3, 0.4) is 0 Å². The minimum absolute atomic E-state index is 0.138. The summed E-state index contributed by atoms with van der Waals surface area (Å²) in [5.74, 6) is 0.368. The van der Waals surface area contributed by atoms with Crippen molar-refractivity contribution in [2.75, 3.05) is 0 Å². The summed E-state index contributed by atoms with van der Waals surface area (Å²) in [4.78, 5) is 23.6. The number of allylic oxidation sites excluding steroid dienone is 2. The molecule has 2 aliphatic rings. The van der Waals surface area contributed by atoms with Gasteiger partial charge in [0, 0.05) is 51.8 Å². The molecule has 2 unspecified atom stereocenters. The molecule has 0 amide bonds. The lowest BCUT2D eigenvalue weighted by Crippen LogP contribution is -2.11. The molecule has 4 rings (SSSR count). The quantitative estimate of drug-likeness (QED) is 0.348. The molecule has 2 bridgehead atoms. The van der Waals surface area contributed by atoms with Crippen LogP contribution in [0.4, 0.5) is 0 Å². The van der Waals surface area contributed by atoms with Crippen LogP contribution in [0.25, 0.3) is 10.8 Å². The van der Waals surface area contributed by atoms with Crippen LogP contribution in [0.5, 0.6) is 11.5 Å². The maximum atomic E-state index is 11.9. The molecule has 0 fully saturated rings. The SMILES string of the molecule is C=CC(=O)Oc1c2c(c(OC(C)=O)c3cc(Cl)ccc13)C1C=CC2C1. The smallest absolute Gasteiger partial charge is 0.335 e. The molecule has 0 saturated carbocycles. The Morgan fingerprint density at radius 1 is 1.12 bits per heavy atom. The highest BCUT2D eigenvalue weighted by Crippen LogP contribution is 2.58. The van der Waals surface area contributed by atoms with E-state index in [0.29, 0.717) is 27.3 Å². The van der Waals surface area contributed by atoms with Crippen molar-refractivity contribution in [1.82, 2.24) is 0 Å². The van der Waals surface area contributed by atoms with Crippen molar-refractivity contribution in [3.05, 3.63) is 59.2 Å². The average Bonchev–Trinajstić information content (AvgIpc) is 3.18. The van der Waals surface area contributed by atoms with E-state index in [4.69, 9.17) is 21.1 Å². The fourth-order valence-corrected chi connectivity index (χ4v) is 3.98. The first-order valence-corrected chi connectivity index (χ1v) is 8.37. The minimum Gasteiger partial charge on any atom is -0.426 e. The number of halogens is 1. The van der Waals surface area contributed by atoms with E-state index in [-0.39, 0.29) is 11.8 Å². The maximum absolute atomic E-state index is 11.9. The van der Waals surface area contributed by atoms with Gasteiger partial charge in [-0.05, 0) is 24.6 Å². The summed E-state index contributed by atoms with van der Waals surface area (Å²) >= 11 is 6.16. The highest BCUT2D eigenvalue weighted by Gasteiger charge is 2.40. The second-order valence-corrected chi connectivity index (χ2v) is 6.66. The van der Waals surface area contributed by atoms with Gasteiger partial charge in [0.2, 0.25) is 0 Å². The standard InChI is InChI=1S/C20H15ClO4/c1-3-16(23)25-19-14-7-6-13(21)9-15(14)20(24-10(2)22)18-12-5-4-11(8-12)17(18)19/h3-7,9,11-12H,1,8H2,2H3. The molecular formula is C20H15ClO4. The van der Waals surface area contributed by atoms with Crippen LogP contribution in [0.1, 0.15) is 36.3 Å². The molecule has 0 N–H and O–H groups in total. The number of ether oxygens (including phenoxy) is 2. The molecule has 2 aromatic rings. The van der Waals surface area contributed by atoms with Gasteiger partial charge in [0.15, 0.2) is 0 Å². The third-order valence-corrected chi connectivity index (χ3v) is 4.93. The van der Waals surface area contributed by atoms with Crippen LogP contribution in [-0.2, 0) is 9.59 Å². The fourth-order valence-electron chi connectivity index (χ4n) is 3.81. The van der Waals surface area contributed by atoms with Crippen molar-refractivity contribution in [1.29, 1.82) is 0 Å². The van der Waals surface area contributed by atoms with Crippen molar-refractivity contribution in [2.24, 2.45) is 0 Å². The first kappa shape index (κ1) is 15.9. The number of benzene rings is 2. The number of hydrogen-bond acceptors (Lipinski definition) is 4. The summed E-state index contributed by atoms with van der Waals surface area (Å²) in [5.41, 5.74) is 1.82. The van der Waals surface area contributed by atoms with Gasteiger partial charge in [-0.1, -0.05) is 30.3 Å². The van der Waals surface area contributed by atoms with Gasteiger partial charge in [-0.2, -0.15) is 0 Å². The Kier molecular flexibility index (Phi) is 3.65. The lowest BCUT2D eigenvalue weighted by Gasteiger charge is -2.21. The lowest BCUT2D eigenvalue weighted by atomic mass is 9.90. The summed E-state index contributed by atoms with van der Waals surface area (Å²) in [7, 11) is 0. The second-order valence-electron chi connectivity index (χ2n) is 6.23. The largest absolute Gasteiger partial charge is 0.426 e. The summed E-state index contributed by atoms with van der Waals surface area (Å²) in [6.45, 7) is 4.84. The summed E-state index contributed by atoms with van der Waals surface area (Å²) < 4.78 is 11.2. The van der Waals surface area contributed by atoms with Crippen LogP contribution in [0.15, 0.2) is 43.0 Å². The lowest BCUT2D eigenvalue weighted by molar-refractivity contribution is -0.132. The molecule has 2 aliphatic carbocycles. The number of rotatable bonds is 3. The van der Waals surface area contributed by atoms with Gasteiger partial charge in [0.25, 0.3) is 0 Å². The number of carbonyl (C=O) groups excluding carboxylic acids is 2. The van der Waals surface area contributed by atoms with Crippen LogP contribution in [0.2, 0.25) is 5.02 Å². The molecule has 4 nitrogen and oxygen atoms in total. The van der Waals surface area contributed by atoms with E-state index in [1.165, 1.54) is 6.92 Å². The van der Waals surface area contributed by atoms with Gasteiger partial charge in [-0.15, -0.1) is 0 Å². The molecule has 0 radical (unpaired) electrons. The first-order chi connectivity index (χ1) is 12.0. The van der Waals surface area contributed by atoms with Crippen LogP contribution in [0, 0.1) is 0 Å². The van der Waals surface area contributed by atoms with Crippen molar-refractivity contribution in [2.45, 2.75) is 25.2 Å². The Morgan fingerprint density at radius 2 is 1.76 bits per heavy atom. The molecule has 25 heavy (non-hydrogen) atoms. The van der Waals surface area contributed by atoms with Gasteiger partial charge in [0.1, 0.15) is 11.5 Å². The number of carbonyl (C=O) groups is 2. The van der Waals surface area contributed by atoms with E-state index in [1.807, 2.05) is 0 Å². The molecule has 0 spiro atoms. The van der Waals surface area contributed by atoms with E-state index >= 15 is 0 Å². The van der Waals surface area contributed by atoms with Crippen molar-refractivity contribution < 1.29 is 19.1 Å². The third-order valence-electron chi connectivity index (χ3n) is 4.69. The zero-order valence-corrected chi connectivity index (χ0v) is 14.3. The summed E-state index contributed by atoms with van der Waals surface area (Å²) in [6.07, 6.45) is 6.23. The highest BCUT2D eigenvalue weighted by molar-refractivity contribution is 6.31. The maximum Gasteiger partial charge on any atom is 0.335 e.